The Kier molecular flexibility index (Phi) is 14.5. The minimum absolute atomic E-state index is 0.0573. The number of benzene rings is 2. The fourth-order valence-electron chi connectivity index (χ4n) is 5.57. The Hall–Kier alpha value is -4.86. The highest BCUT2D eigenvalue weighted by molar-refractivity contribution is 7.81. The molecule has 1 saturated heterocycles. The van der Waals surface area contributed by atoms with E-state index in [4.69, 9.17) is 17.2 Å². The van der Waals surface area contributed by atoms with Gasteiger partial charge in [-0.05, 0) is 54.9 Å². The summed E-state index contributed by atoms with van der Waals surface area (Å²) in [6, 6.07) is 8.88. The topological polar surface area (TPSA) is 252 Å². The summed E-state index contributed by atoms with van der Waals surface area (Å²) in [5.74, 6) is -4.67. The third-order valence-corrected chi connectivity index (χ3v) is 8.29. The molecule has 260 valence electrons. The molecule has 4 atom stereocenters. The molecule has 0 unspecified atom stereocenters. The molecular formula is C32H44N8O7S. The number of nitrogens with zero attached hydrogens (tertiary/aromatic N) is 2. The number of carbonyl (C=O) groups is 6. The molecule has 1 aliphatic heterocycles. The van der Waals surface area contributed by atoms with Gasteiger partial charge < -0.3 is 43.2 Å². The lowest BCUT2D eigenvalue weighted by atomic mass is 9.97. The number of aliphatic imine (C=N–C) groups is 1. The van der Waals surface area contributed by atoms with E-state index in [1.807, 2.05) is 42.5 Å². The maximum Gasteiger partial charge on any atom is 0.303 e. The molecule has 5 amide bonds. The van der Waals surface area contributed by atoms with Gasteiger partial charge in [-0.15, -0.1) is 0 Å². The van der Waals surface area contributed by atoms with Gasteiger partial charge in [0.2, 0.25) is 29.5 Å². The first-order valence-corrected chi connectivity index (χ1v) is 16.4. The first-order chi connectivity index (χ1) is 22.9. The van der Waals surface area contributed by atoms with Crippen LogP contribution in [0.2, 0.25) is 0 Å². The van der Waals surface area contributed by atoms with Crippen molar-refractivity contribution in [1.82, 2.24) is 20.9 Å². The van der Waals surface area contributed by atoms with Gasteiger partial charge in [-0.25, -0.2) is 0 Å². The second kappa shape index (κ2) is 18.5. The van der Waals surface area contributed by atoms with Gasteiger partial charge in [0.05, 0.1) is 5.75 Å². The van der Waals surface area contributed by atoms with Crippen molar-refractivity contribution in [3.05, 3.63) is 48.0 Å². The molecule has 3 rings (SSSR count). The van der Waals surface area contributed by atoms with E-state index in [2.05, 4.69) is 33.6 Å². The number of aliphatic carboxylic acids is 1. The maximum atomic E-state index is 13.9. The lowest BCUT2D eigenvalue weighted by Gasteiger charge is -2.37. The molecular weight excluding hydrogens is 640 g/mol. The summed E-state index contributed by atoms with van der Waals surface area (Å²) < 4.78 is 0. The number of thiol groups is 1. The number of carbonyl (C=O) groups excluding carboxylic acids is 5. The molecule has 2 aromatic carbocycles. The summed E-state index contributed by atoms with van der Waals surface area (Å²) in [6.07, 6.45) is 1.48. The highest BCUT2D eigenvalue weighted by Crippen LogP contribution is 2.21. The van der Waals surface area contributed by atoms with E-state index in [0.29, 0.717) is 19.3 Å². The first kappa shape index (κ1) is 37.6. The number of rotatable bonds is 17. The van der Waals surface area contributed by atoms with Gasteiger partial charge in [0.15, 0.2) is 5.96 Å². The molecule has 1 heterocycles. The number of fused-ring (bicyclic) bond motifs is 1. The van der Waals surface area contributed by atoms with Gasteiger partial charge in [-0.1, -0.05) is 42.5 Å². The van der Waals surface area contributed by atoms with Crippen LogP contribution >= 0.6 is 12.6 Å². The van der Waals surface area contributed by atoms with E-state index in [0.717, 1.165) is 16.3 Å². The van der Waals surface area contributed by atoms with E-state index in [1.54, 1.807) is 0 Å². The fraction of sp³-hybridized carbons (Fsp3) is 0.469. The van der Waals surface area contributed by atoms with E-state index in [1.165, 1.54) is 4.90 Å². The van der Waals surface area contributed by atoms with E-state index < -0.39 is 59.7 Å². The number of primary amides is 1. The van der Waals surface area contributed by atoms with Crippen LogP contribution in [0.15, 0.2) is 47.5 Å². The predicted molar refractivity (Wildman–Crippen MR) is 183 cm³/mol. The van der Waals surface area contributed by atoms with Crippen molar-refractivity contribution in [3.8, 4) is 0 Å². The molecule has 0 radical (unpaired) electrons. The molecule has 10 N–H and O–H groups in total. The smallest absolute Gasteiger partial charge is 0.303 e. The zero-order valence-corrected chi connectivity index (χ0v) is 27.5. The van der Waals surface area contributed by atoms with Crippen LogP contribution in [-0.4, -0.2) is 94.5 Å². The van der Waals surface area contributed by atoms with Gasteiger partial charge in [0.1, 0.15) is 24.2 Å². The molecule has 48 heavy (non-hydrogen) atoms. The molecule has 1 fully saturated rings. The van der Waals surface area contributed by atoms with Crippen molar-refractivity contribution < 1.29 is 33.9 Å². The number of nitrogens with one attached hydrogen (secondary N) is 3. The second-order valence-corrected chi connectivity index (χ2v) is 11.9. The van der Waals surface area contributed by atoms with Crippen LogP contribution in [0.1, 0.15) is 50.5 Å². The summed E-state index contributed by atoms with van der Waals surface area (Å²) >= 11 is 3.93. The van der Waals surface area contributed by atoms with Gasteiger partial charge >= 0.3 is 5.97 Å². The number of carboxylic acids is 1. The average Bonchev–Trinajstić information content (AvgIpc) is 3.06. The highest BCUT2D eigenvalue weighted by atomic mass is 32.1. The number of carboxylic acid groups (broad SMARTS) is 1. The monoisotopic (exact) mass is 684 g/mol. The quantitative estimate of drug-likeness (QED) is 0.0464. The molecule has 0 spiro atoms. The zero-order valence-electron chi connectivity index (χ0n) is 26.6. The lowest BCUT2D eigenvalue weighted by Crippen LogP contribution is -2.60. The number of nitrogens with two attached hydrogens (primary N) is 3. The largest absolute Gasteiger partial charge is 0.481 e. The Labute approximate surface area is 283 Å². The number of hydrogen-bond acceptors (Lipinski definition) is 8. The molecule has 16 heteroatoms. The summed E-state index contributed by atoms with van der Waals surface area (Å²) in [5.41, 5.74) is 17.0. The van der Waals surface area contributed by atoms with Crippen molar-refractivity contribution in [2.75, 3.05) is 18.8 Å². The Morgan fingerprint density at radius 1 is 0.917 bits per heavy atom. The number of hydrogen-bond donors (Lipinski definition) is 8. The van der Waals surface area contributed by atoms with Crippen LogP contribution in [0.25, 0.3) is 10.8 Å². The van der Waals surface area contributed by atoms with Crippen LogP contribution in [0, 0.1) is 0 Å². The van der Waals surface area contributed by atoms with Crippen molar-refractivity contribution in [2.45, 2.75) is 75.5 Å². The predicted octanol–water partition coefficient (Wildman–Crippen LogP) is -0.449. The lowest BCUT2D eigenvalue weighted by molar-refractivity contribution is -0.146. The van der Waals surface area contributed by atoms with Crippen molar-refractivity contribution in [2.24, 2.45) is 22.2 Å². The van der Waals surface area contributed by atoms with Crippen LogP contribution < -0.4 is 33.2 Å². The summed E-state index contributed by atoms with van der Waals surface area (Å²) in [6.45, 7) is 0.408. The Balaban J connectivity index is 1.86. The fourth-order valence-corrected chi connectivity index (χ4v) is 5.66. The Bertz CT molecular complexity index is 1520. The molecule has 0 saturated carbocycles. The number of amides is 5. The second-order valence-electron chi connectivity index (χ2n) is 11.6. The zero-order chi connectivity index (χ0) is 35.2. The minimum Gasteiger partial charge on any atom is -0.481 e. The van der Waals surface area contributed by atoms with Crippen molar-refractivity contribution in [3.63, 3.8) is 0 Å². The summed E-state index contributed by atoms with van der Waals surface area (Å²) in [5, 5.41) is 19.1. The third-order valence-electron chi connectivity index (χ3n) is 8.00. The molecule has 0 aromatic heterocycles. The number of guanidine groups is 1. The van der Waals surface area contributed by atoms with Crippen LogP contribution in [0.3, 0.4) is 0 Å². The first-order valence-electron chi connectivity index (χ1n) is 15.7. The molecule has 15 nitrogen and oxygen atoms in total. The third kappa shape index (κ3) is 11.4. The van der Waals surface area contributed by atoms with Crippen molar-refractivity contribution in [1.29, 1.82) is 0 Å². The van der Waals surface area contributed by atoms with E-state index >= 15 is 0 Å². The summed E-state index contributed by atoms with van der Waals surface area (Å²) in [4.78, 5) is 82.1. The van der Waals surface area contributed by atoms with E-state index in [9.17, 15) is 33.9 Å². The molecule has 2 aromatic rings. The van der Waals surface area contributed by atoms with Gasteiger partial charge in [0, 0.05) is 25.9 Å². The van der Waals surface area contributed by atoms with Gasteiger partial charge in [-0.3, -0.25) is 33.8 Å². The molecule has 1 aliphatic rings. The van der Waals surface area contributed by atoms with Crippen LogP contribution in [0.4, 0.5) is 0 Å². The minimum atomic E-state index is -1.18. The number of likely N-dealkylation sites (tertiary alicyclic amines) is 1. The van der Waals surface area contributed by atoms with Gasteiger partial charge in [-0.2, -0.15) is 12.6 Å². The average molecular weight is 685 g/mol. The molecule has 0 bridgehead atoms. The standard InChI is InChI=1S/C32H44N8O7S/c33-28(44)22(8-5-14-36-32(34)35)38-29(45)24(17-19-10-11-20-6-1-2-7-21(20)16-19)39-30(46)25-9-3-4-15-40(25)31(47)23(12-13-27(42)43)37-26(41)18-48/h1-2,6-7,10-11,16,22-25,48H,3-5,8-9,12-15,17-18H2,(H2,33,44)(H,37,41)(H,38,45)(H,39,46)(H,42,43)(H4,34,35,36)/t22-,23-,24-,25-/m0/s1. The number of piperidine rings is 1. The van der Waals surface area contributed by atoms with Gasteiger partial charge in [0.25, 0.3) is 0 Å². The highest BCUT2D eigenvalue weighted by Gasteiger charge is 2.38. The Morgan fingerprint density at radius 2 is 1.65 bits per heavy atom. The Morgan fingerprint density at radius 3 is 2.31 bits per heavy atom. The van der Waals surface area contributed by atoms with Crippen LogP contribution in [0.5, 0.6) is 0 Å². The van der Waals surface area contributed by atoms with Crippen molar-refractivity contribution >= 4 is 64.9 Å². The van der Waals surface area contributed by atoms with E-state index in [-0.39, 0.29) is 56.9 Å². The maximum absolute atomic E-state index is 13.9. The molecule has 0 aliphatic carbocycles. The van der Waals surface area contributed by atoms with Crippen LogP contribution in [-0.2, 0) is 35.2 Å². The normalized spacial score (nSPS) is 16.2. The SMILES string of the molecule is NC(=O)[C@H](CCCN=C(N)N)NC(=O)[C@H](Cc1ccc2ccccc2c1)NC(=O)[C@@H]1CCCCN1C(=O)[C@H](CCC(=O)O)NC(=O)CS. The summed E-state index contributed by atoms with van der Waals surface area (Å²) in [7, 11) is 0.